The number of carbonyl (C=O) groups is 2. The van der Waals surface area contributed by atoms with Crippen LogP contribution in [0, 0.1) is 0 Å². The highest BCUT2D eigenvalue weighted by atomic mass is 32.1. The SMILES string of the molecule is O=Cc1cc(C(=O)O)[nH]c1-c1cccs1. The van der Waals surface area contributed by atoms with E-state index >= 15 is 0 Å². The summed E-state index contributed by atoms with van der Waals surface area (Å²) in [5.41, 5.74) is 0.966. The van der Waals surface area contributed by atoms with Crippen LogP contribution in [0.25, 0.3) is 10.6 Å². The highest BCUT2D eigenvalue weighted by molar-refractivity contribution is 7.13. The molecule has 0 saturated heterocycles. The summed E-state index contributed by atoms with van der Waals surface area (Å²) in [5, 5.41) is 10.6. The van der Waals surface area contributed by atoms with Gasteiger partial charge in [-0.25, -0.2) is 4.79 Å². The maximum absolute atomic E-state index is 10.8. The van der Waals surface area contributed by atoms with Gasteiger partial charge in [-0.05, 0) is 17.5 Å². The Balaban J connectivity index is 2.55. The van der Waals surface area contributed by atoms with E-state index in [0.717, 1.165) is 4.88 Å². The van der Waals surface area contributed by atoms with Crippen LogP contribution in [0.3, 0.4) is 0 Å². The molecule has 2 aromatic heterocycles. The molecule has 0 amide bonds. The molecular formula is C10H7NO3S. The van der Waals surface area contributed by atoms with E-state index in [0.29, 0.717) is 17.5 Å². The Morgan fingerprint density at radius 3 is 2.87 bits per heavy atom. The number of thiophene rings is 1. The van der Waals surface area contributed by atoms with Crippen LogP contribution in [-0.2, 0) is 0 Å². The van der Waals surface area contributed by atoms with Crippen LogP contribution < -0.4 is 0 Å². The third kappa shape index (κ3) is 1.69. The molecule has 0 aliphatic rings. The number of H-pyrrole nitrogens is 1. The number of aromatic nitrogens is 1. The molecule has 0 unspecified atom stereocenters. The number of carbonyl (C=O) groups excluding carboxylic acids is 1. The summed E-state index contributed by atoms with van der Waals surface area (Å²) in [6.45, 7) is 0. The number of aldehydes is 1. The van der Waals surface area contributed by atoms with Gasteiger partial charge in [0.05, 0.1) is 10.6 Å². The minimum absolute atomic E-state index is 0.0282. The predicted molar refractivity (Wildman–Crippen MR) is 56.5 cm³/mol. The van der Waals surface area contributed by atoms with Crippen LogP contribution in [0.15, 0.2) is 23.6 Å². The molecule has 2 rings (SSSR count). The molecule has 0 spiro atoms. The lowest BCUT2D eigenvalue weighted by molar-refractivity contribution is 0.0691. The summed E-state index contributed by atoms with van der Waals surface area (Å²) in [7, 11) is 0. The zero-order chi connectivity index (χ0) is 10.8. The molecule has 0 fully saturated rings. The van der Waals surface area contributed by atoms with Crippen LogP contribution in [0.2, 0.25) is 0 Å². The van der Waals surface area contributed by atoms with Gasteiger partial charge >= 0.3 is 5.97 Å². The van der Waals surface area contributed by atoms with Gasteiger partial charge in [0.25, 0.3) is 0 Å². The lowest BCUT2D eigenvalue weighted by Crippen LogP contribution is -1.95. The van der Waals surface area contributed by atoms with Gasteiger partial charge in [0.1, 0.15) is 5.69 Å². The van der Waals surface area contributed by atoms with Crippen molar-refractivity contribution in [2.45, 2.75) is 0 Å². The fourth-order valence-electron chi connectivity index (χ4n) is 1.30. The molecule has 0 atom stereocenters. The van der Waals surface area contributed by atoms with E-state index in [1.54, 1.807) is 0 Å². The van der Waals surface area contributed by atoms with Crippen LogP contribution >= 0.6 is 11.3 Å². The van der Waals surface area contributed by atoms with Crippen LogP contribution in [0.4, 0.5) is 0 Å². The molecule has 4 nitrogen and oxygen atoms in total. The van der Waals surface area contributed by atoms with E-state index in [4.69, 9.17) is 5.11 Å². The zero-order valence-electron chi connectivity index (χ0n) is 7.56. The maximum atomic E-state index is 10.8. The van der Waals surface area contributed by atoms with Crippen LogP contribution in [0.1, 0.15) is 20.8 Å². The number of carboxylic acid groups (broad SMARTS) is 1. The Morgan fingerprint density at radius 2 is 2.33 bits per heavy atom. The Labute approximate surface area is 89.2 Å². The van der Waals surface area contributed by atoms with E-state index in [9.17, 15) is 9.59 Å². The molecule has 2 heterocycles. The number of carboxylic acids is 1. The van der Waals surface area contributed by atoms with E-state index < -0.39 is 5.97 Å². The monoisotopic (exact) mass is 221 g/mol. The average Bonchev–Trinajstić information content (AvgIpc) is 2.86. The Hall–Kier alpha value is -1.88. The lowest BCUT2D eigenvalue weighted by Gasteiger charge is -1.93. The highest BCUT2D eigenvalue weighted by Gasteiger charge is 2.13. The van der Waals surface area contributed by atoms with Gasteiger partial charge in [-0.2, -0.15) is 0 Å². The van der Waals surface area contributed by atoms with Crippen molar-refractivity contribution in [1.82, 2.24) is 4.98 Å². The quantitative estimate of drug-likeness (QED) is 0.781. The fourth-order valence-corrected chi connectivity index (χ4v) is 2.05. The van der Waals surface area contributed by atoms with Gasteiger partial charge in [0, 0.05) is 5.56 Å². The Kier molecular flexibility index (Phi) is 2.39. The normalized spacial score (nSPS) is 10.1. The lowest BCUT2D eigenvalue weighted by atomic mass is 10.2. The van der Waals surface area contributed by atoms with Crippen molar-refractivity contribution in [1.29, 1.82) is 0 Å². The van der Waals surface area contributed by atoms with Crippen molar-refractivity contribution in [3.05, 3.63) is 34.8 Å². The van der Waals surface area contributed by atoms with Crippen molar-refractivity contribution >= 4 is 23.6 Å². The van der Waals surface area contributed by atoms with Crippen molar-refractivity contribution in [3.8, 4) is 10.6 Å². The minimum atomic E-state index is -1.07. The topological polar surface area (TPSA) is 70.2 Å². The number of rotatable bonds is 3. The number of hydrogen-bond acceptors (Lipinski definition) is 3. The van der Waals surface area contributed by atoms with Crippen molar-refractivity contribution < 1.29 is 14.7 Å². The largest absolute Gasteiger partial charge is 0.477 e. The van der Waals surface area contributed by atoms with Crippen LogP contribution in [-0.4, -0.2) is 22.3 Å². The number of nitrogens with one attached hydrogen (secondary N) is 1. The first kappa shape index (κ1) is 9.67. The Bertz CT molecular complexity index is 499. The molecule has 15 heavy (non-hydrogen) atoms. The van der Waals surface area contributed by atoms with Gasteiger partial charge < -0.3 is 10.1 Å². The summed E-state index contributed by atoms with van der Waals surface area (Å²) in [5.74, 6) is -1.07. The molecule has 0 bridgehead atoms. The summed E-state index contributed by atoms with van der Waals surface area (Å²) in [6.07, 6.45) is 0.651. The molecule has 0 radical (unpaired) electrons. The van der Waals surface area contributed by atoms with E-state index in [1.165, 1.54) is 17.4 Å². The average molecular weight is 221 g/mol. The smallest absolute Gasteiger partial charge is 0.352 e. The molecule has 0 aliphatic heterocycles. The van der Waals surface area contributed by atoms with Gasteiger partial charge in [-0.1, -0.05) is 6.07 Å². The fraction of sp³-hybridized carbons (Fsp3) is 0. The molecular weight excluding hydrogens is 214 g/mol. The van der Waals surface area contributed by atoms with Crippen molar-refractivity contribution in [2.24, 2.45) is 0 Å². The molecule has 2 aromatic rings. The van der Waals surface area contributed by atoms with Crippen molar-refractivity contribution in [3.63, 3.8) is 0 Å². The molecule has 76 valence electrons. The van der Waals surface area contributed by atoms with E-state index in [1.807, 2.05) is 17.5 Å². The van der Waals surface area contributed by atoms with Gasteiger partial charge in [-0.15, -0.1) is 11.3 Å². The molecule has 0 aliphatic carbocycles. The number of aromatic carboxylic acids is 1. The van der Waals surface area contributed by atoms with E-state index in [2.05, 4.69) is 4.98 Å². The molecule has 5 heteroatoms. The van der Waals surface area contributed by atoms with E-state index in [-0.39, 0.29) is 5.69 Å². The summed E-state index contributed by atoms with van der Waals surface area (Å²) in [6, 6.07) is 5.01. The highest BCUT2D eigenvalue weighted by Crippen LogP contribution is 2.26. The second-order valence-corrected chi connectivity index (χ2v) is 3.86. The van der Waals surface area contributed by atoms with Gasteiger partial charge in [0.15, 0.2) is 6.29 Å². The standard InChI is InChI=1S/C10H7NO3S/c12-5-6-4-7(10(13)14)11-9(6)8-2-1-3-15-8/h1-5,11H,(H,13,14). The first-order valence-corrected chi connectivity index (χ1v) is 5.05. The first-order chi connectivity index (χ1) is 7.22. The van der Waals surface area contributed by atoms with Crippen molar-refractivity contribution in [2.75, 3.05) is 0 Å². The molecule has 0 saturated carbocycles. The number of aromatic amines is 1. The third-order valence-corrected chi connectivity index (χ3v) is 2.86. The van der Waals surface area contributed by atoms with Gasteiger partial charge in [-0.3, -0.25) is 4.79 Å². The maximum Gasteiger partial charge on any atom is 0.352 e. The van der Waals surface area contributed by atoms with Gasteiger partial charge in [0.2, 0.25) is 0 Å². The second kappa shape index (κ2) is 3.70. The first-order valence-electron chi connectivity index (χ1n) is 4.17. The number of hydrogen-bond donors (Lipinski definition) is 2. The molecule has 2 N–H and O–H groups in total. The molecule has 0 aromatic carbocycles. The minimum Gasteiger partial charge on any atom is -0.477 e. The third-order valence-electron chi connectivity index (χ3n) is 1.97. The second-order valence-electron chi connectivity index (χ2n) is 2.91. The Morgan fingerprint density at radius 1 is 1.53 bits per heavy atom. The van der Waals surface area contributed by atoms with Crippen LogP contribution in [0.5, 0.6) is 0 Å². The summed E-state index contributed by atoms with van der Waals surface area (Å²) in [4.78, 5) is 25.0. The zero-order valence-corrected chi connectivity index (χ0v) is 8.38. The predicted octanol–water partition coefficient (Wildman–Crippen LogP) is 2.25. The summed E-state index contributed by atoms with van der Waals surface area (Å²) >= 11 is 1.45. The summed E-state index contributed by atoms with van der Waals surface area (Å²) < 4.78 is 0.